The maximum absolute atomic E-state index is 12.0. The number of hydrogen-bond acceptors (Lipinski definition) is 4. The minimum Gasteiger partial charge on any atom is -0.504 e. The first-order valence-corrected chi connectivity index (χ1v) is 8.06. The van der Waals surface area contributed by atoms with Crippen molar-refractivity contribution in [2.75, 3.05) is 6.54 Å². The van der Waals surface area contributed by atoms with Crippen LogP contribution in [0.4, 0.5) is 0 Å². The van der Waals surface area contributed by atoms with Gasteiger partial charge in [-0.15, -0.1) is 0 Å². The van der Waals surface area contributed by atoms with Crippen LogP contribution in [0.3, 0.4) is 0 Å². The molecule has 0 aromatic heterocycles. The van der Waals surface area contributed by atoms with Crippen LogP contribution in [0.15, 0.2) is 54.1 Å². The number of aromatic hydroxyl groups is 2. The number of unbranched alkanes of at least 4 members (excludes halogenated alkanes) is 1. The maximum Gasteiger partial charge on any atom is 0.261 e. The summed E-state index contributed by atoms with van der Waals surface area (Å²) < 4.78 is 0. The van der Waals surface area contributed by atoms with Gasteiger partial charge in [-0.2, -0.15) is 5.26 Å². The van der Waals surface area contributed by atoms with Crippen molar-refractivity contribution >= 4 is 12.0 Å². The van der Waals surface area contributed by atoms with Crippen molar-refractivity contribution in [3.8, 4) is 17.6 Å². The van der Waals surface area contributed by atoms with E-state index in [1.807, 2.05) is 24.3 Å². The summed E-state index contributed by atoms with van der Waals surface area (Å²) in [5.41, 5.74) is 1.68. The highest BCUT2D eigenvalue weighted by molar-refractivity contribution is 6.01. The summed E-state index contributed by atoms with van der Waals surface area (Å²) in [7, 11) is 0. The number of carbonyl (C=O) groups is 1. The number of phenolic OH excluding ortho intramolecular Hbond substituents is 2. The molecule has 0 heterocycles. The topological polar surface area (TPSA) is 93.3 Å². The van der Waals surface area contributed by atoms with Crippen LogP contribution < -0.4 is 5.32 Å². The highest BCUT2D eigenvalue weighted by atomic mass is 16.3. The second kappa shape index (κ2) is 10.6. The number of nitrogens with one attached hydrogen (secondary N) is 1. The average molecular weight is 352 g/mol. The largest absolute Gasteiger partial charge is 0.504 e. The van der Waals surface area contributed by atoms with Crippen molar-refractivity contribution in [1.82, 2.24) is 5.32 Å². The van der Waals surface area contributed by atoms with Crippen molar-refractivity contribution in [1.29, 1.82) is 5.26 Å². The predicted octanol–water partition coefficient (Wildman–Crippen LogP) is 3.78. The number of phenols is 2. The van der Waals surface area contributed by atoms with Crippen molar-refractivity contribution in [2.24, 2.45) is 0 Å². The van der Waals surface area contributed by atoms with E-state index in [0.29, 0.717) is 12.1 Å². The molecule has 0 fully saturated rings. The molecule has 3 N–H and O–H groups in total. The number of benzene rings is 2. The fourth-order valence-corrected chi connectivity index (χ4v) is 2.34. The minimum atomic E-state index is -0.449. The van der Waals surface area contributed by atoms with Crippen LogP contribution in [0.1, 0.15) is 31.4 Å². The third kappa shape index (κ3) is 6.33. The molecule has 2 rings (SSSR count). The van der Waals surface area contributed by atoms with Crippen LogP contribution in [0.5, 0.6) is 11.5 Å². The molecule has 0 unspecified atom stereocenters. The number of nitriles is 1. The van der Waals surface area contributed by atoms with Gasteiger partial charge in [0, 0.05) is 6.54 Å². The van der Waals surface area contributed by atoms with Crippen LogP contribution in [-0.2, 0) is 11.2 Å². The molecular weight excluding hydrogens is 328 g/mol. The van der Waals surface area contributed by atoms with Crippen molar-refractivity contribution in [2.45, 2.75) is 26.7 Å². The predicted molar refractivity (Wildman–Crippen MR) is 102 cm³/mol. The Bertz CT molecular complexity index is 793. The summed E-state index contributed by atoms with van der Waals surface area (Å²) in [6.45, 7) is 0.492. The molecule has 0 aliphatic carbocycles. The Labute approximate surface area is 154 Å². The van der Waals surface area contributed by atoms with Crippen LogP contribution >= 0.6 is 0 Å². The van der Waals surface area contributed by atoms with E-state index in [-0.39, 0.29) is 24.5 Å². The number of nitrogens with zero attached hydrogens (tertiary/aromatic N) is 1. The molecule has 0 aliphatic heterocycles. The molecule has 0 aliphatic rings. The second-order valence-corrected chi connectivity index (χ2v) is 5.62. The van der Waals surface area contributed by atoms with E-state index in [1.165, 1.54) is 29.8 Å². The van der Waals surface area contributed by atoms with E-state index in [4.69, 9.17) is 5.26 Å². The molecule has 5 heteroatoms. The molecule has 136 valence electrons. The van der Waals surface area contributed by atoms with Gasteiger partial charge in [-0.3, -0.25) is 4.79 Å². The number of aryl methyl sites for hydroxylation is 1. The molecule has 2 aromatic carbocycles. The van der Waals surface area contributed by atoms with Gasteiger partial charge in [0.1, 0.15) is 11.6 Å². The number of carbonyl (C=O) groups excluding carboxylic acids is 1. The van der Waals surface area contributed by atoms with Gasteiger partial charge in [-0.1, -0.05) is 43.8 Å². The molecule has 0 bridgehead atoms. The van der Waals surface area contributed by atoms with E-state index < -0.39 is 5.91 Å². The van der Waals surface area contributed by atoms with Gasteiger partial charge < -0.3 is 15.5 Å². The minimum absolute atomic E-state index is 0. The normalized spacial score (nSPS) is 10.5. The zero-order chi connectivity index (χ0) is 18.1. The smallest absolute Gasteiger partial charge is 0.261 e. The summed E-state index contributed by atoms with van der Waals surface area (Å²) in [5, 5.41) is 30.6. The van der Waals surface area contributed by atoms with Crippen LogP contribution in [0, 0.1) is 11.3 Å². The summed E-state index contributed by atoms with van der Waals surface area (Å²) >= 11 is 0. The summed E-state index contributed by atoms with van der Waals surface area (Å²) in [5.74, 6) is -0.999. The van der Waals surface area contributed by atoms with E-state index >= 15 is 0 Å². The molecule has 5 nitrogen and oxygen atoms in total. The molecule has 2 aromatic rings. The Kier molecular flexibility index (Phi) is 8.45. The third-order valence-corrected chi connectivity index (χ3v) is 3.70. The van der Waals surface area contributed by atoms with Gasteiger partial charge in [-0.05, 0) is 48.6 Å². The standard InChI is InChI=1S/C20H20N2O3.CH4/c21-14-17(12-16-9-10-18(23)19(24)13-16)20(25)22-11-5-4-8-15-6-2-1-3-7-15;/h1-3,6-7,9-10,12-13,23-24H,4-5,8,11H2,(H,22,25);1H4/b17-12+;. The highest BCUT2D eigenvalue weighted by Gasteiger charge is 2.09. The monoisotopic (exact) mass is 352 g/mol. The van der Waals surface area contributed by atoms with Gasteiger partial charge in [-0.25, -0.2) is 0 Å². The number of amides is 1. The summed E-state index contributed by atoms with van der Waals surface area (Å²) in [6, 6.07) is 16.1. The molecule has 0 radical (unpaired) electrons. The van der Waals surface area contributed by atoms with Crippen molar-refractivity contribution in [3.05, 3.63) is 65.2 Å². The van der Waals surface area contributed by atoms with E-state index in [9.17, 15) is 15.0 Å². The quantitative estimate of drug-likeness (QED) is 0.306. The Morgan fingerprint density at radius 2 is 1.81 bits per heavy atom. The molecule has 1 amide bonds. The van der Waals surface area contributed by atoms with Crippen molar-refractivity contribution in [3.63, 3.8) is 0 Å². The molecule has 0 spiro atoms. The second-order valence-electron chi connectivity index (χ2n) is 5.62. The average Bonchev–Trinajstić information content (AvgIpc) is 2.63. The number of rotatable bonds is 7. The molecule has 26 heavy (non-hydrogen) atoms. The van der Waals surface area contributed by atoms with Gasteiger partial charge in [0.05, 0.1) is 0 Å². The first kappa shape index (κ1) is 20.8. The van der Waals surface area contributed by atoms with E-state index in [1.54, 1.807) is 0 Å². The van der Waals surface area contributed by atoms with Crippen molar-refractivity contribution < 1.29 is 15.0 Å². The fourth-order valence-electron chi connectivity index (χ4n) is 2.34. The lowest BCUT2D eigenvalue weighted by Gasteiger charge is -2.05. The lowest BCUT2D eigenvalue weighted by molar-refractivity contribution is -0.117. The SMILES string of the molecule is C.N#C/C(=C\c1ccc(O)c(O)c1)C(=O)NCCCCc1ccccc1. The van der Waals surface area contributed by atoms with E-state index in [2.05, 4.69) is 17.4 Å². The Balaban J connectivity index is 0.00000338. The Morgan fingerprint density at radius 3 is 2.46 bits per heavy atom. The van der Waals surface area contributed by atoms with Crippen LogP contribution in [0.25, 0.3) is 6.08 Å². The fraction of sp³-hybridized carbons (Fsp3) is 0.238. The first-order chi connectivity index (χ1) is 12.1. The third-order valence-electron chi connectivity index (χ3n) is 3.70. The Morgan fingerprint density at radius 1 is 1.08 bits per heavy atom. The number of hydrogen-bond donors (Lipinski definition) is 3. The molecular formula is C21H24N2O3. The first-order valence-electron chi connectivity index (χ1n) is 8.06. The van der Waals surface area contributed by atoms with Crippen LogP contribution in [0.2, 0.25) is 0 Å². The zero-order valence-corrected chi connectivity index (χ0v) is 13.8. The summed E-state index contributed by atoms with van der Waals surface area (Å²) in [4.78, 5) is 12.0. The molecule has 0 saturated heterocycles. The molecule has 0 atom stereocenters. The zero-order valence-electron chi connectivity index (χ0n) is 13.8. The highest BCUT2D eigenvalue weighted by Crippen LogP contribution is 2.25. The van der Waals surface area contributed by atoms with Gasteiger partial charge in [0.2, 0.25) is 0 Å². The molecule has 0 saturated carbocycles. The maximum atomic E-state index is 12.0. The van der Waals surface area contributed by atoms with Crippen LogP contribution in [-0.4, -0.2) is 22.7 Å². The Hall–Kier alpha value is -3.26. The van der Waals surface area contributed by atoms with Gasteiger partial charge in [0.15, 0.2) is 11.5 Å². The summed E-state index contributed by atoms with van der Waals surface area (Å²) in [6.07, 6.45) is 4.09. The lowest BCUT2D eigenvalue weighted by atomic mass is 10.1. The van der Waals surface area contributed by atoms with Gasteiger partial charge >= 0.3 is 0 Å². The lowest BCUT2D eigenvalue weighted by Crippen LogP contribution is -2.25. The van der Waals surface area contributed by atoms with Gasteiger partial charge in [0.25, 0.3) is 5.91 Å². The van der Waals surface area contributed by atoms with E-state index in [0.717, 1.165) is 19.3 Å².